The Hall–Kier alpha value is -2.63. The standard InChI is InChI=1S/C16H18N2O4/c1-3-16(2,9-13(19)20)18-14(21)12-10-22-15(17-12)11-7-5-4-6-8-11/h4-8,10H,3,9H2,1-2H3,(H,18,21)(H,19,20)/t16-/m1/s1. The van der Waals surface area contributed by atoms with Gasteiger partial charge in [0.25, 0.3) is 5.91 Å². The van der Waals surface area contributed by atoms with Crippen molar-refractivity contribution < 1.29 is 19.1 Å². The van der Waals surface area contributed by atoms with Crippen LogP contribution in [0.5, 0.6) is 0 Å². The summed E-state index contributed by atoms with van der Waals surface area (Å²) in [6.07, 6.45) is 1.61. The first-order chi connectivity index (χ1) is 10.4. The van der Waals surface area contributed by atoms with Gasteiger partial charge in [-0.3, -0.25) is 9.59 Å². The van der Waals surface area contributed by atoms with Gasteiger partial charge in [-0.2, -0.15) is 0 Å². The molecule has 0 spiro atoms. The molecule has 116 valence electrons. The summed E-state index contributed by atoms with van der Waals surface area (Å²) >= 11 is 0. The van der Waals surface area contributed by atoms with Crippen LogP contribution in [0.25, 0.3) is 11.5 Å². The van der Waals surface area contributed by atoms with Gasteiger partial charge in [-0.15, -0.1) is 0 Å². The molecule has 2 rings (SSSR count). The number of nitrogens with one attached hydrogen (secondary N) is 1. The maximum absolute atomic E-state index is 12.2. The number of carboxylic acids is 1. The third-order valence-electron chi connectivity index (χ3n) is 3.49. The second-order valence-corrected chi connectivity index (χ2v) is 5.34. The van der Waals surface area contributed by atoms with Crippen LogP contribution < -0.4 is 5.32 Å². The molecule has 6 heteroatoms. The van der Waals surface area contributed by atoms with Gasteiger partial charge in [-0.05, 0) is 25.5 Å². The van der Waals surface area contributed by atoms with Gasteiger partial charge in [0, 0.05) is 11.1 Å². The van der Waals surface area contributed by atoms with E-state index in [1.54, 1.807) is 6.92 Å². The molecule has 22 heavy (non-hydrogen) atoms. The Bertz CT molecular complexity index is 666. The van der Waals surface area contributed by atoms with E-state index in [4.69, 9.17) is 9.52 Å². The largest absolute Gasteiger partial charge is 0.481 e. The number of rotatable bonds is 6. The van der Waals surface area contributed by atoms with Crippen LogP contribution in [-0.2, 0) is 4.79 Å². The summed E-state index contributed by atoms with van der Waals surface area (Å²) in [5.41, 5.74) is 0.0728. The van der Waals surface area contributed by atoms with Gasteiger partial charge in [-0.1, -0.05) is 25.1 Å². The molecule has 2 aromatic rings. The number of nitrogens with zero attached hydrogens (tertiary/aromatic N) is 1. The van der Waals surface area contributed by atoms with Gasteiger partial charge in [0.1, 0.15) is 6.26 Å². The molecule has 1 aromatic carbocycles. The number of carbonyl (C=O) groups is 2. The van der Waals surface area contributed by atoms with Crippen LogP contribution in [0, 0.1) is 0 Å². The quantitative estimate of drug-likeness (QED) is 0.856. The molecular weight excluding hydrogens is 284 g/mol. The molecule has 0 saturated carbocycles. The van der Waals surface area contributed by atoms with Crippen molar-refractivity contribution in [3.05, 3.63) is 42.3 Å². The lowest BCUT2D eigenvalue weighted by Crippen LogP contribution is -2.47. The van der Waals surface area contributed by atoms with Crippen molar-refractivity contribution in [3.63, 3.8) is 0 Å². The number of hydrogen-bond donors (Lipinski definition) is 2. The minimum atomic E-state index is -0.963. The molecule has 6 nitrogen and oxygen atoms in total. The van der Waals surface area contributed by atoms with E-state index in [2.05, 4.69) is 10.3 Å². The number of benzene rings is 1. The third kappa shape index (κ3) is 3.72. The normalized spacial score (nSPS) is 13.4. The van der Waals surface area contributed by atoms with Crippen molar-refractivity contribution in [2.24, 2.45) is 0 Å². The van der Waals surface area contributed by atoms with Crippen LogP contribution in [0.1, 0.15) is 37.2 Å². The van der Waals surface area contributed by atoms with Crippen molar-refractivity contribution in [1.82, 2.24) is 10.3 Å². The van der Waals surface area contributed by atoms with Crippen molar-refractivity contribution in [1.29, 1.82) is 0 Å². The van der Waals surface area contributed by atoms with E-state index in [0.717, 1.165) is 5.56 Å². The molecule has 0 aliphatic carbocycles. The number of aromatic nitrogens is 1. The first-order valence-corrected chi connectivity index (χ1v) is 6.99. The van der Waals surface area contributed by atoms with Gasteiger partial charge in [0.15, 0.2) is 5.69 Å². The average molecular weight is 302 g/mol. The summed E-state index contributed by atoms with van der Waals surface area (Å²) in [6.45, 7) is 3.51. The molecule has 0 unspecified atom stereocenters. The second-order valence-electron chi connectivity index (χ2n) is 5.34. The number of carboxylic acid groups (broad SMARTS) is 1. The molecule has 0 aliphatic rings. The van der Waals surface area contributed by atoms with Crippen LogP contribution in [0.15, 0.2) is 41.0 Å². The molecule has 1 amide bonds. The number of aliphatic carboxylic acids is 1. The fourth-order valence-corrected chi connectivity index (χ4v) is 2.02. The zero-order valence-electron chi connectivity index (χ0n) is 12.5. The van der Waals surface area contributed by atoms with E-state index in [9.17, 15) is 9.59 Å². The molecule has 1 heterocycles. The number of oxazole rings is 1. The minimum Gasteiger partial charge on any atom is -0.481 e. The first kappa shape index (κ1) is 15.8. The zero-order chi connectivity index (χ0) is 16.2. The van der Waals surface area contributed by atoms with E-state index < -0.39 is 17.4 Å². The lowest BCUT2D eigenvalue weighted by atomic mass is 9.94. The topological polar surface area (TPSA) is 92.4 Å². The van der Waals surface area contributed by atoms with E-state index >= 15 is 0 Å². The van der Waals surface area contributed by atoms with Crippen molar-refractivity contribution in [3.8, 4) is 11.5 Å². The average Bonchev–Trinajstić information content (AvgIpc) is 2.97. The van der Waals surface area contributed by atoms with Gasteiger partial charge in [0.2, 0.25) is 5.89 Å². The Morgan fingerprint density at radius 2 is 2.00 bits per heavy atom. The highest BCUT2D eigenvalue weighted by molar-refractivity contribution is 5.93. The van der Waals surface area contributed by atoms with Gasteiger partial charge in [0.05, 0.1) is 6.42 Å². The molecule has 0 radical (unpaired) electrons. The summed E-state index contributed by atoms with van der Waals surface area (Å²) in [4.78, 5) is 27.3. The first-order valence-electron chi connectivity index (χ1n) is 6.99. The van der Waals surface area contributed by atoms with Crippen LogP contribution in [0.2, 0.25) is 0 Å². The highest BCUT2D eigenvalue weighted by Gasteiger charge is 2.29. The fourth-order valence-electron chi connectivity index (χ4n) is 2.02. The van der Waals surface area contributed by atoms with Gasteiger partial charge in [-0.25, -0.2) is 4.98 Å². The summed E-state index contributed by atoms with van der Waals surface area (Å²) < 4.78 is 5.31. The summed E-state index contributed by atoms with van der Waals surface area (Å²) in [6, 6.07) is 9.22. The van der Waals surface area contributed by atoms with Gasteiger partial charge >= 0.3 is 5.97 Å². The van der Waals surface area contributed by atoms with Crippen LogP contribution in [0.4, 0.5) is 0 Å². The van der Waals surface area contributed by atoms with E-state index in [1.165, 1.54) is 6.26 Å². The number of hydrogen-bond acceptors (Lipinski definition) is 4. The summed E-state index contributed by atoms with van der Waals surface area (Å²) in [7, 11) is 0. The molecular formula is C16H18N2O4. The minimum absolute atomic E-state index is 0.129. The van der Waals surface area contributed by atoms with E-state index in [0.29, 0.717) is 12.3 Å². The summed E-state index contributed by atoms with van der Waals surface area (Å²) in [5, 5.41) is 11.6. The molecule has 0 saturated heterocycles. The Kier molecular flexibility index (Phi) is 4.60. The highest BCUT2D eigenvalue weighted by atomic mass is 16.4. The smallest absolute Gasteiger partial charge is 0.305 e. The Morgan fingerprint density at radius 1 is 1.32 bits per heavy atom. The van der Waals surface area contributed by atoms with E-state index in [-0.39, 0.29) is 12.1 Å². The van der Waals surface area contributed by atoms with Crippen molar-refractivity contribution in [2.75, 3.05) is 0 Å². The Labute approximate surface area is 128 Å². The predicted octanol–water partition coefficient (Wildman–Crippen LogP) is 2.71. The lowest BCUT2D eigenvalue weighted by molar-refractivity contribution is -0.138. The van der Waals surface area contributed by atoms with Crippen LogP contribution in [-0.4, -0.2) is 27.5 Å². The Morgan fingerprint density at radius 3 is 2.59 bits per heavy atom. The zero-order valence-corrected chi connectivity index (χ0v) is 12.5. The van der Waals surface area contributed by atoms with Crippen LogP contribution in [0.3, 0.4) is 0 Å². The maximum Gasteiger partial charge on any atom is 0.305 e. The number of amides is 1. The molecule has 0 bridgehead atoms. The lowest BCUT2D eigenvalue weighted by Gasteiger charge is -2.27. The predicted molar refractivity (Wildman–Crippen MR) is 80.4 cm³/mol. The molecule has 0 aliphatic heterocycles. The molecule has 1 atom stereocenters. The van der Waals surface area contributed by atoms with Gasteiger partial charge < -0.3 is 14.8 Å². The second kappa shape index (κ2) is 6.43. The highest BCUT2D eigenvalue weighted by Crippen LogP contribution is 2.19. The van der Waals surface area contributed by atoms with Crippen molar-refractivity contribution in [2.45, 2.75) is 32.2 Å². The number of carbonyl (C=O) groups excluding carboxylic acids is 1. The van der Waals surface area contributed by atoms with Crippen molar-refractivity contribution >= 4 is 11.9 Å². The fraction of sp³-hybridized carbons (Fsp3) is 0.312. The van der Waals surface area contributed by atoms with E-state index in [1.807, 2.05) is 37.3 Å². The summed E-state index contributed by atoms with van der Waals surface area (Å²) in [5.74, 6) is -1.06. The van der Waals surface area contributed by atoms with Crippen LogP contribution >= 0.6 is 0 Å². The maximum atomic E-state index is 12.2. The molecule has 0 fully saturated rings. The third-order valence-corrected chi connectivity index (χ3v) is 3.49. The Balaban J connectivity index is 2.14. The molecule has 2 N–H and O–H groups in total. The SMILES string of the molecule is CC[C@](C)(CC(=O)O)NC(=O)c1coc(-c2ccccc2)n1. The molecule has 1 aromatic heterocycles. The monoisotopic (exact) mass is 302 g/mol.